The van der Waals surface area contributed by atoms with E-state index in [4.69, 9.17) is 0 Å². The number of carbonyl (C=O) groups excluding carboxylic acids is 1. The molecular formula is C11H14FNO3. The van der Waals surface area contributed by atoms with Crippen molar-refractivity contribution < 1.29 is 19.0 Å². The number of anilines is 1. The molecule has 2 N–H and O–H groups in total. The Morgan fingerprint density at radius 3 is 2.88 bits per heavy atom. The van der Waals surface area contributed by atoms with E-state index in [2.05, 4.69) is 10.1 Å². The molecule has 88 valence electrons. The molecule has 0 fully saturated rings. The minimum atomic E-state index is -1.64. The second-order valence-electron chi connectivity index (χ2n) is 3.63. The van der Waals surface area contributed by atoms with Gasteiger partial charge in [-0.05, 0) is 25.1 Å². The number of benzene rings is 1. The Morgan fingerprint density at radius 1 is 1.62 bits per heavy atom. The fourth-order valence-corrected chi connectivity index (χ4v) is 1.16. The van der Waals surface area contributed by atoms with Crippen LogP contribution >= 0.6 is 0 Å². The Hall–Kier alpha value is -1.62. The quantitative estimate of drug-likeness (QED) is 0.758. The van der Waals surface area contributed by atoms with Crippen molar-refractivity contribution in [2.75, 3.05) is 19.0 Å². The summed E-state index contributed by atoms with van der Waals surface area (Å²) < 4.78 is 17.2. The van der Waals surface area contributed by atoms with Crippen molar-refractivity contribution in [1.29, 1.82) is 0 Å². The Morgan fingerprint density at radius 2 is 2.31 bits per heavy atom. The van der Waals surface area contributed by atoms with E-state index in [1.54, 1.807) is 6.07 Å². The molecule has 0 aromatic heterocycles. The second-order valence-corrected chi connectivity index (χ2v) is 3.63. The molecule has 1 atom stereocenters. The number of hydrogen-bond donors (Lipinski definition) is 2. The molecule has 5 heteroatoms. The first-order valence-corrected chi connectivity index (χ1v) is 4.76. The number of aliphatic hydroxyl groups is 1. The van der Waals surface area contributed by atoms with Gasteiger partial charge in [0.2, 0.25) is 0 Å². The highest BCUT2D eigenvalue weighted by Crippen LogP contribution is 2.12. The molecule has 0 saturated heterocycles. The highest BCUT2D eigenvalue weighted by Gasteiger charge is 2.31. The zero-order chi connectivity index (χ0) is 12.2. The van der Waals surface area contributed by atoms with Crippen molar-refractivity contribution in [3.63, 3.8) is 0 Å². The van der Waals surface area contributed by atoms with Crippen LogP contribution in [-0.4, -0.2) is 30.3 Å². The molecular weight excluding hydrogens is 213 g/mol. The molecule has 1 aromatic rings. The van der Waals surface area contributed by atoms with Crippen molar-refractivity contribution in [2.24, 2.45) is 0 Å². The topological polar surface area (TPSA) is 58.6 Å². The number of carbonyl (C=O) groups is 1. The molecule has 1 aromatic carbocycles. The first-order valence-electron chi connectivity index (χ1n) is 4.76. The van der Waals surface area contributed by atoms with Crippen molar-refractivity contribution in [3.8, 4) is 0 Å². The van der Waals surface area contributed by atoms with Gasteiger partial charge >= 0.3 is 5.97 Å². The standard InChI is InChI=1S/C11H14FNO3/c1-11(15,10(14)16-2)7-13-9-5-3-4-8(12)6-9/h3-6,13,15H,7H2,1-2H3. The average Bonchev–Trinajstić information content (AvgIpc) is 2.25. The number of rotatable bonds is 4. The summed E-state index contributed by atoms with van der Waals surface area (Å²) in [5.74, 6) is -1.13. The van der Waals surface area contributed by atoms with Gasteiger partial charge in [0.25, 0.3) is 0 Å². The molecule has 1 unspecified atom stereocenters. The van der Waals surface area contributed by atoms with Crippen molar-refractivity contribution in [1.82, 2.24) is 0 Å². The van der Waals surface area contributed by atoms with E-state index in [1.165, 1.54) is 32.2 Å². The summed E-state index contributed by atoms with van der Waals surface area (Å²) in [4.78, 5) is 11.1. The van der Waals surface area contributed by atoms with Crippen LogP contribution in [-0.2, 0) is 9.53 Å². The van der Waals surface area contributed by atoms with Crippen LogP contribution in [0.2, 0.25) is 0 Å². The van der Waals surface area contributed by atoms with Crippen molar-refractivity contribution in [3.05, 3.63) is 30.1 Å². The van der Waals surface area contributed by atoms with Gasteiger partial charge < -0.3 is 15.2 Å². The lowest BCUT2D eigenvalue weighted by Crippen LogP contribution is -2.42. The van der Waals surface area contributed by atoms with E-state index in [-0.39, 0.29) is 12.4 Å². The molecule has 0 spiro atoms. The number of hydrogen-bond acceptors (Lipinski definition) is 4. The van der Waals surface area contributed by atoms with Crippen LogP contribution in [0.1, 0.15) is 6.92 Å². The maximum absolute atomic E-state index is 12.8. The van der Waals surface area contributed by atoms with Crippen LogP contribution in [0.4, 0.5) is 10.1 Å². The zero-order valence-corrected chi connectivity index (χ0v) is 9.16. The van der Waals surface area contributed by atoms with Gasteiger partial charge in [0.05, 0.1) is 13.7 Å². The normalized spacial score (nSPS) is 14.0. The largest absolute Gasteiger partial charge is 0.467 e. The van der Waals surface area contributed by atoms with Gasteiger partial charge in [0.1, 0.15) is 5.82 Å². The summed E-state index contributed by atoms with van der Waals surface area (Å²) in [6, 6.07) is 5.75. The summed E-state index contributed by atoms with van der Waals surface area (Å²) in [5.41, 5.74) is -1.15. The highest BCUT2D eigenvalue weighted by atomic mass is 19.1. The predicted molar refractivity (Wildman–Crippen MR) is 57.5 cm³/mol. The van der Waals surface area contributed by atoms with Crippen LogP contribution in [0.15, 0.2) is 24.3 Å². The van der Waals surface area contributed by atoms with E-state index in [0.717, 1.165) is 0 Å². The van der Waals surface area contributed by atoms with E-state index in [0.29, 0.717) is 5.69 Å². The van der Waals surface area contributed by atoms with Crippen LogP contribution in [0.3, 0.4) is 0 Å². The third kappa shape index (κ3) is 3.20. The monoisotopic (exact) mass is 227 g/mol. The summed E-state index contributed by atoms with van der Waals surface area (Å²) in [5, 5.41) is 12.4. The van der Waals surface area contributed by atoms with Gasteiger partial charge in [0, 0.05) is 5.69 Å². The Balaban J connectivity index is 2.61. The minimum absolute atomic E-state index is 0.0525. The van der Waals surface area contributed by atoms with Crippen molar-refractivity contribution >= 4 is 11.7 Å². The van der Waals surface area contributed by atoms with Gasteiger partial charge in [-0.1, -0.05) is 6.07 Å². The molecule has 0 aliphatic carbocycles. The van der Waals surface area contributed by atoms with E-state index >= 15 is 0 Å². The average molecular weight is 227 g/mol. The van der Waals surface area contributed by atoms with Gasteiger partial charge in [0.15, 0.2) is 5.60 Å². The third-order valence-electron chi connectivity index (χ3n) is 2.09. The Kier molecular flexibility index (Phi) is 3.84. The number of methoxy groups -OCH3 is 1. The molecule has 0 saturated carbocycles. The Labute approximate surface area is 93.0 Å². The third-order valence-corrected chi connectivity index (χ3v) is 2.09. The summed E-state index contributed by atoms with van der Waals surface area (Å²) in [6.07, 6.45) is 0. The first-order chi connectivity index (χ1) is 7.45. The molecule has 1 rings (SSSR count). The number of esters is 1. The van der Waals surface area contributed by atoms with Crippen LogP contribution in [0.5, 0.6) is 0 Å². The summed E-state index contributed by atoms with van der Waals surface area (Å²) >= 11 is 0. The molecule has 16 heavy (non-hydrogen) atoms. The minimum Gasteiger partial charge on any atom is -0.467 e. The number of halogens is 1. The molecule has 0 amide bonds. The molecule has 0 heterocycles. The first kappa shape index (κ1) is 12.4. The molecule has 0 aliphatic heterocycles. The molecule has 4 nitrogen and oxygen atoms in total. The van der Waals surface area contributed by atoms with Gasteiger partial charge in [-0.2, -0.15) is 0 Å². The number of ether oxygens (including phenoxy) is 1. The number of nitrogens with one attached hydrogen (secondary N) is 1. The smallest absolute Gasteiger partial charge is 0.339 e. The molecule has 0 radical (unpaired) electrons. The molecule has 0 aliphatic rings. The van der Waals surface area contributed by atoms with E-state index < -0.39 is 11.6 Å². The highest BCUT2D eigenvalue weighted by molar-refractivity contribution is 5.79. The Bertz CT molecular complexity index is 379. The maximum Gasteiger partial charge on any atom is 0.339 e. The van der Waals surface area contributed by atoms with Crippen LogP contribution in [0, 0.1) is 5.82 Å². The van der Waals surface area contributed by atoms with Gasteiger partial charge in [-0.25, -0.2) is 9.18 Å². The van der Waals surface area contributed by atoms with E-state index in [9.17, 15) is 14.3 Å². The van der Waals surface area contributed by atoms with Gasteiger partial charge in [-0.15, -0.1) is 0 Å². The van der Waals surface area contributed by atoms with E-state index in [1.807, 2.05) is 0 Å². The zero-order valence-electron chi connectivity index (χ0n) is 9.16. The SMILES string of the molecule is COC(=O)C(C)(O)CNc1cccc(F)c1. The van der Waals surface area contributed by atoms with Crippen LogP contribution in [0.25, 0.3) is 0 Å². The van der Waals surface area contributed by atoms with Crippen molar-refractivity contribution in [2.45, 2.75) is 12.5 Å². The lowest BCUT2D eigenvalue weighted by Gasteiger charge is -2.21. The lowest BCUT2D eigenvalue weighted by atomic mass is 10.1. The second kappa shape index (κ2) is 4.94. The fraction of sp³-hybridized carbons (Fsp3) is 0.364. The fourth-order valence-electron chi connectivity index (χ4n) is 1.16. The lowest BCUT2D eigenvalue weighted by molar-refractivity contribution is -0.158. The van der Waals surface area contributed by atoms with Gasteiger partial charge in [-0.3, -0.25) is 0 Å². The summed E-state index contributed by atoms with van der Waals surface area (Å²) in [6.45, 7) is 1.27. The van der Waals surface area contributed by atoms with Crippen LogP contribution < -0.4 is 5.32 Å². The molecule has 0 bridgehead atoms. The predicted octanol–water partition coefficient (Wildman–Crippen LogP) is 1.16. The maximum atomic E-state index is 12.8. The summed E-state index contributed by atoms with van der Waals surface area (Å²) in [7, 11) is 1.19.